The Morgan fingerprint density at radius 3 is 2.06 bits per heavy atom. The number of aryl methyl sites for hydroxylation is 1. The Balaban J connectivity index is 1.38. The summed E-state index contributed by atoms with van der Waals surface area (Å²) in [6.45, 7) is 2.12. The van der Waals surface area contributed by atoms with Crippen molar-refractivity contribution in [1.29, 1.82) is 0 Å². The van der Waals surface area contributed by atoms with Crippen molar-refractivity contribution >= 4 is 0 Å². The molecule has 0 N–H and O–H groups in total. The molecule has 2 nitrogen and oxygen atoms in total. The van der Waals surface area contributed by atoms with Crippen molar-refractivity contribution in [3.8, 4) is 16.9 Å². The van der Waals surface area contributed by atoms with Gasteiger partial charge in [-0.3, -0.25) is 0 Å². The van der Waals surface area contributed by atoms with Gasteiger partial charge in [0, 0.05) is 11.5 Å². The van der Waals surface area contributed by atoms with Crippen LogP contribution in [0.15, 0.2) is 42.5 Å². The molecule has 0 saturated carbocycles. The first-order chi connectivity index (χ1) is 16.3. The third kappa shape index (κ3) is 5.06. The molecule has 4 rings (SSSR count). The highest BCUT2D eigenvalue weighted by atomic mass is 19.2. The molecule has 1 fully saturated rings. The maximum Gasteiger partial charge on any atom is 0.194 e. The summed E-state index contributed by atoms with van der Waals surface area (Å²) in [5, 5.41) is 0. The molecule has 180 valence electrons. The molecule has 8 heteroatoms. The van der Waals surface area contributed by atoms with Crippen molar-refractivity contribution in [1.82, 2.24) is 0 Å². The fourth-order valence-electron chi connectivity index (χ4n) is 4.03. The van der Waals surface area contributed by atoms with Crippen molar-refractivity contribution < 1.29 is 35.8 Å². The minimum atomic E-state index is -1.61. The van der Waals surface area contributed by atoms with Crippen LogP contribution in [0, 0.1) is 40.8 Å². The standard InChI is InChI=1S/C26H22F6O2/c1-2-14-7-22(30)26(23(31)8-14)34-13-15-3-6-24(33-12-15)16-4-5-18(19(27)9-16)17-10-20(28)25(32)21(29)11-17/h4-5,7-11,15,24H,2-3,6,12-13H2,1H3. The van der Waals surface area contributed by atoms with E-state index in [-0.39, 0.29) is 30.3 Å². The number of hydrogen-bond acceptors (Lipinski definition) is 2. The predicted molar refractivity (Wildman–Crippen MR) is 114 cm³/mol. The van der Waals surface area contributed by atoms with Crippen molar-refractivity contribution in [3.63, 3.8) is 0 Å². The highest BCUT2D eigenvalue weighted by Crippen LogP contribution is 2.34. The molecule has 3 aromatic rings. The van der Waals surface area contributed by atoms with Crippen LogP contribution in [0.1, 0.15) is 37.0 Å². The molecular weight excluding hydrogens is 458 g/mol. The van der Waals surface area contributed by atoms with E-state index in [0.717, 1.165) is 12.1 Å². The zero-order valence-corrected chi connectivity index (χ0v) is 18.3. The monoisotopic (exact) mass is 480 g/mol. The van der Waals surface area contributed by atoms with Gasteiger partial charge >= 0.3 is 0 Å². The summed E-state index contributed by atoms with van der Waals surface area (Å²) in [4.78, 5) is 0. The molecule has 3 aromatic carbocycles. The number of rotatable bonds is 6. The van der Waals surface area contributed by atoms with Crippen LogP contribution in [0.25, 0.3) is 11.1 Å². The lowest BCUT2D eigenvalue weighted by molar-refractivity contribution is -0.0292. The van der Waals surface area contributed by atoms with Gasteiger partial charge < -0.3 is 9.47 Å². The average Bonchev–Trinajstić information content (AvgIpc) is 2.82. The maximum absolute atomic E-state index is 14.7. The Bertz CT molecular complexity index is 1140. The first-order valence-corrected chi connectivity index (χ1v) is 10.9. The van der Waals surface area contributed by atoms with E-state index < -0.39 is 46.8 Å². The molecule has 0 radical (unpaired) electrons. The van der Waals surface area contributed by atoms with E-state index in [2.05, 4.69) is 0 Å². The fraction of sp³-hybridized carbons (Fsp3) is 0.308. The Labute approximate surface area is 193 Å². The molecule has 0 aromatic heterocycles. The van der Waals surface area contributed by atoms with Gasteiger partial charge in [0.1, 0.15) is 5.82 Å². The highest BCUT2D eigenvalue weighted by molar-refractivity contribution is 5.64. The summed E-state index contributed by atoms with van der Waals surface area (Å²) in [5.74, 6) is -7.14. The van der Waals surface area contributed by atoms with E-state index in [1.165, 1.54) is 24.3 Å². The van der Waals surface area contributed by atoms with Gasteiger partial charge in [-0.15, -0.1) is 0 Å². The normalized spacial score (nSPS) is 18.2. The fourth-order valence-corrected chi connectivity index (χ4v) is 4.03. The number of halogens is 6. The Hall–Kier alpha value is -3.00. The van der Waals surface area contributed by atoms with E-state index in [9.17, 15) is 26.3 Å². The van der Waals surface area contributed by atoms with Gasteiger partial charge in [0.05, 0.1) is 19.3 Å². The van der Waals surface area contributed by atoms with Crippen LogP contribution in [-0.4, -0.2) is 13.2 Å². The Morgan fingerprint density at radius 1 is 0.824 bits per heavy atom. The van der Waals surface area contributed by atoms with Crippen molar-refractivity contribution in [2.45, 2.75) is 32.3 Å². The van der Waals surface area contributed by atoms with Crippen molar-refractivity contribution in [2.24, 2.45) is 5.92 Å². The summed E-state index contributed by atoms with van der Waals surface area (Å²) in [5.41, 5.74) is 0.894. The van der Waals surface area contributed by atoms with Crippen LogP contribution >= 0.6 is 0 Å². The lowest BCUT2D eigenvalue weighted by Gasteiger charge is -2.29. The molecule has 0 bridgehead atoms. The first-order valence-electron chi connectivity index (χ1n) is 10.9. The molecule has 2 atom stereocenters. The van der Waals surface area contributed by atoms with Crippen LogP contribution in [-0.2, 0) is 11.2 Å². The van der Waals surface area contributed by atoms with Gasteiger partial charge in [-0.2, -0.15) is 0 Å². The third-order valence-corrected chi connectivity index (χ3v) is 5.96. The van der Waals surface area contributed by atoms with Crippen LogP contribution in [0.2, 0.25) is 0 Å². The second-order valence-electron chi connectivity index (χ2n) is 8.31. The quantitative estimate of drug-likeness (QED) is 0.272. The molecule has 0 aliphatic carbocycles. The second-order valence-corrected chi connectivity index (χ2v) is 8.31. The summed E-state index contributed by atoms with van der Waals surface area (Å²) in [6, 6.07) is 8.13. The topological polar surface area (TPSA) is 18.5 Å². The lowest BCUT2D eigenvalue weighted by Crippen LogP contribution is -2.26. The van der Waals surface area contributed by atoms with Crippen molar-refractivity contribution in [2.75, 3.05) is 13.2 Å². The van der Waals surface area contributed by atoms with Gasteiger partial charge in [-0.05, 0) is 66.3 Å². The Morgan fingerprint density at radius 2 is 1.50 bits per heavy atom. The average molecular weight is 480 g/mol. The van der Waals surface area contributed by atoms with Gasteiger partial charge in [-0.1, -0.05) is 19.1 Å². The first kappa shape index (κ1) is 24.1. The number of hydrogen-bond donors (Lipinski definition) is 0. The minimum Gasteiger partial charge on any atom is -0.487 e. The molecule has 1 heterocycles. The largest absolute Gasteiger partial charge is 0.487 e. The summed E-state index contributed by atoms with van der Waals surface area (Å²) < 4.78 is 94.3. The molecule has 1 aliphatic rings. The van der Waals surface area contributed by atoms with Crippen LogP contribution in [0.3, 0.4) is 0 Å². The van der Waals surface area contributed by atoms with Crippen molar-refractivity contribution in [3.05, 3.63) is 88.5 Å². The molecule has 1 aliphatic heterocycles. The molecule has 0 amide bonds. The Kier molecular flexibility index (Phi) is 7.16. The predicted octanol–water partition coefficient (Wildman–Crippen LogP) is 7.30. The van der Waals surface area contributed by atoms with E-state index >= 15 is 0 Å². The molecule has 2 unspecified atom stereocenters. The van der Waals surface area contributed by atoms with Crippen LogP contribution in [0.4, 0.5) is 26.3 Å². The summed E-state index contributed by atoms with van der Waals surface area (Å²) in [7, 11) is 0. The van der Waals surface area contributed by atoms with Gasteiger partial charge in [0.25, 0.3) is 0 Å². The van der Waals surface area contributed by atoms with Gasteiger partial charge in [0.2, 0.25) is 0 Å². The van der Waals surface area contributed by atoms with E-state index in [1.807, 2.05) is 0 Å². The van der Waals surface area contributed by atoms with E-state index in [4.69, 9.17) is 9.47 Å². The molecule has 34 heavy (non-hydrogen) atoms. The number of benzene rings is 3. The maximum atomic E-state index is 14.7. The minimum absolute atomic E-state index is 0.0678. The van der Waals surface area contributed by atoms with Gasteiger partial charge in [-0.25, -0.2) is 26.3 Å². The highest BCUT2D eigenvalue weighted by Gasteiger charge is 2.25. The summed E-state index contributed by atoms with van der Waals surface area (Å²) >= 11 is 0. The molecule has 1 saturated heterocycles. The number of ether oxygens (including phenoxy) is 2. The van der Waals surface area contributed by atoms with E-state index in [1.54, 1.807) is 13.0 Å². The van der Waals surface area contributed by atoms with Gasteiger partial charge in [0.15, 0.2) is 34.8 Å². The lowest BCUT2D eigenvalue weighted by atomic mass is 9.93. The van der Waals surface area contributed by atoms with E-state index in [0.29, 0.717) is 30.4 Å². The SMILES string of the molecule is CCc1cc(F)c(OCC2CCC(c3ccc(-c4cc(F)c(F)c(F)c4)c(F)c3)OC2)c(F)c1. The third-order valence-electron chi connectivity index (χ3n) is 5.96. The van der Waals surface area contributed by atoms with Crippen LogP contribution < -0.4 is 4.74 Å². The zero-order valence-electron chi connectivity index (χ0n) is 18.3. The molecule has 0 spiro atoms. The smallest absolute Gasteiger partial charge is 0.194 e. The second kappa shape index (κ2) is 10.1. The molecular formula is C26H22F6O2. The summed E-state index contributed by atoms with van der Waals surface area (Å²) in [6.07, 6.45) is 1.23. The zero-order chi connectivity index (χ0) is 24.4. The van der Waals surface area contributed by atoms with Crippen LogP contribution in [0.5, 0.6) is 5.75 Å².